The maximum Gasteiger partial charge on any atom is 0.241 e. The van der Waals surface area contributed by atoms with E-state index in [-0.39, 0.29) is 5.91 Å². The van der Waals surface area contributed by atoms with Crippen LogP contribution in [0.3, 0.4) is 0 Å². The van der Waals surface area contributed by atoms with Crippen molar-refractivity contribution in [3.8, 4) is 0 Å². The van der Waals surface area contributed by atoms with Crippen molar-refractivity contribution in [2.75, 3.05) is 0 Å². The van der Waals surface area contributed by atoms with Gasteiger partial charge in [0.1, 0.15) is 0 Å². The number of primary amides is 1. The van der Waals surface area contributed by atoms with Crippen LogP contribution in [-0.2, 0) is 4.79 Å². The normalized spacial score (nSPS) is 11.2. The summed E-state index contributed by atoms with van der Waals surface area (Å²) >= 11 is 0. The fourth-order valence-corrected chi connectivity index (χ4v) is 2.48. The summed E-state index contributed by atoms with van der Waals surface area (Å²) in [5.74, 6) is -0.334. The van der Waals surface area contributed by atoms with Crippen molar-refractivity contribution in [3.05, 3.63) is 12.2 Å². The van der Waals surface area contributed by atoms with Crippen molar-refractivity contribution in [1.29, 1.82) is 0 Å². The maximum absolute atomic E-state index is 10.5. The van der Waals surface area contributed by atoms with Gasteiger partial charge in [0.05, 0.1) is 0 Å². The molecule has 0 bridgehead atoms. The summed E-state index contributed by atoms with van der Waals surface area (Å²) in [6.45, 7) is 2.27. The zero-order chi connectivity index (χ0) is 14.9. The SMILES string of the molecule is CCCCCCCCCCCCCCCC=CC(N)=O. The molecule has 0 heterocycles. The second-order valence-corrected chi connectivity index (χ2v) is 5.84. The van der Waals surface area contributed by atoms with E-state index in [4.69, 9.17) is 5.73 Å². The van der Waals surface area contributed by atoms with Crippen molar-refractivity contribution in [1.82, 2.24) is 0 Å². The first-order chi connectivity index (χ1) is 9.77. The van der Waals surface area contributed by atoms with E-state index in [1.165, 1.54) is 89.5 Å². The molecule has 2 nitrogen and oxygen atoms in total. The Kier molecular flexibility index (Phi) is 15.6. The first kappa shape index (κ1) is 19.2. The summed E-state index contributed by atoms with van der Waals surface area (Å²) in [4.78, 5) is 10.5. The quantitative estimate of drug-likeness (QED) is 0.312. The lowest BCUT2D eigenvalue weighted by Crippen LogP contribution is -2.05. The summed E-state index contributed by atoms with van der Waals surface area (Å²) in [5.41, 5.74) is 5.02. The van der Waals surface area contributed by atoms with Crippen LogP contribution in [0.15, 0.2) is 12.2 Å². The van der Waals surface area contributed by atoms with Gasteiger partial charge < -0.3 is 5.73 Å². The molecule has 20 heavy (non-hydrogen) atoms. The second-order valence-electron chi connectivity index (χ2n) is 5.84. The van der Waals surface area contributed by atoms with Gasteiger partial charge in [0.2, 0.25) is 5.91 Å². The molecule has 0 aromatic carbocycles. The van der Waals surface area contributed by atoms with Crippen LogP contribution in [0.25, 0.3) is 0 Å². The van der Waals surface area contributed by atoms with Crippen molar-refractivity contribution < 1.29 is 4.79 Å². The van der Waals surface area contributed by atoms with Crippen LogP contribution in [0, 0.1) is 0 Å². The predicted octanol–water partition coefficient (Wildman–Crippen LogP) is 5.51. The lowest BCUT2D eigenvalue weighted by Gasteiger charge is -2.02. The molecule has 0 saturated heterocycles. The van der Waals surface area contributed by atoms with Gasteiger partial charge in [-0.1, -0.05) is 90.0 Å². The highest BCUT2D eigenvalue weighted by molar-refractivity contribution is 5.85. The molecule has 0 unspecified atom stereocenters. The Labute approximate surface area is 126 Å². The molecule has 0 aromatic rings. The summed E-state index contributed by atoms with van der Waals surface area (Å²) in [6.07, 6.45) is 22.2. The van der Waals surface area contributed by atoms with E-state index >= 15 is 0 Å². The monoisotopic (exact) mass is 281 g/mol. The van der Waals surface area contributed by atoms with E-state index in [2.05, 4.69) is 6.92 Å². The van der Waals surface area contributed by atoms with Gasteiger partial charge >= 0.3 is 0 Å². The van der Waals surface area contributed by atoms with Crippen LogP contribution >= 0.6 is 0 Å². The molecule has 0 spiro atoms. The first-order valence-corrected chi connectivity index (χ1v) is 8.73. The second kappa shape index (κ2) is 16.3. The topological polar surface area (TPSA) is 43.1 Å². The number of carbonyl (C=O) groups excluding carboxylic acids is 1. The van der Waals surface area contributed by atoms with Crippen LogP contribution < -0.4 is 5.73 Å². The third-order valence-corrected chi connectivity index (χ3v) is 3.76. The van der Waals surface area contributed by atoms with Gasteiger partial charge in [0, 0.05) is 0 Å². The molecular weight excluding hydrogens is 246 g/mol. The lowest BCUT2D eigenvalue weighted by atomic mass is 10.0. The van der Waals surface area contributed by atoms with E-state index in [0.717, 1.165) is 6.42 Å². The smallest absolute Gasteiger partial charge is 0.241 e. The molecule has 0 fully saturated rings. The summed E-state index contributed by atoms with van der Waals surface area (Å²) in [6, 6.07) is 0. The minimum atomic E-state index is -0.334. The Bertz CT molecular complexity index is 236. The van der Waals surface area contributed by atoms with Gasteiger partial charge in [-0.15, -0.1) is 0 Å². The highest BCUT2D eigenvalue weighted by Gasteiger charge is 1.93. The minimum absolute atomic E-state index is 0.334. The standard InChI is InChI=1S/C18H35NO/c1-2-3-4-5-6-7-8-9-10-11-12-13-14-15-16-17-18(19)20/h16-17H,2-15H2,1H3,(H2,19,20). The number of allylic oxidation sites excluding steroid dienone is 1. The maximum atomic E-state index is 10.5. The average Bonchev–Trinajstić information content (AvgIpc) is 2.43. The minimum Gasteiger partial charge on any atom is -0.366 e. The zero-order valence-corrected chi connectivity index (χ0v) is 13.5. The molecule has 0 aliphatic heterocycles. The molecule has 0 rings (SSSR count). The molecule has 0 radical (unpaired) electrons. The van der Waals surface area contributed by atoms with Crippen molar-refractivity contribution in [2.24, 2.45) is 5.73 Å². The number of carbonyl (C=O) groups is 1. The Morgan fingerprint density at radius 3 is 1.55 bits per heavy atom. The van der Waals surface area contributed by atoms with Gasteiger partial charge in [0.25, 0.3) is 0 Å². The van der Waals surface area contributed by atoms with Crippen LogP contribution in [-0.4, -0.2) is 5.91 Å². The van der Waals surface area contributed by atoms with Crippen LogP contribution in [0.1, 0.15) is 96.8 Å². The lowest BCUT2D eigenvalue weighted by molar-refractivity contribution is -0.113. The fourth-order valence-electron chi connectivity index (χ4n) is 2.48. The van der Waals surface area contributed by atoms with E-state index in [1.54, 1.807) is 0 Å². The van der Waals surface area contributed by atoms with Gasteiger partial charge in [-0.2, -0.15) is 0 Å². The van der Waals surface area contributed by atoms with Crippen LogP contribution in [0.2, 0.25) is 0 Å². The molecule has 2 N–H and O–H groups in total. The predicted molar refractivity (Wildman–Crippen MR) is 88.6 cm³/mol. The first-order valence-electron chi connectivity index (χ1n) is 8.73. The number of nitrogens with two attached hydrogens (primary N) is 1. The largest absolute Gasteiger partial charge is 0.366 e. The molecule has 0 saturated carbocycles. The number of amides is 1. The third kappa shape index (κ3) is 17.2. The van der Waals surface area contributed by atoms with E-state index in [0.29, 0.717) is 0 Å². The van der Waals surface area contributed by atoms with Gasteiger partial charge in [0.15, 0.2) is 0 Å². The molecule has 0 atom stereocenters. The fraction of sp³-hybridized carbons (Fsp3) is 0.833. The van der Waals surface area contributed by atoms with Gasteiger partial charge in [-0.25, -0.2) is 0 Å². The molecular formula is C18H35NO. The third-order valence-electron chi connectivity index (χ3n) is 3.76. The van der Waals surface area contributed by atoms with Gasteiger partial charge in [-0.3, -0.25) is 4.79 Å². The number of rotatable bonds is 15. The molecule has 0 aliphatic rings. The summed E-state index contributed by atoms with van der Waals surface area (Å²) < 4.78 is 0. The Morgan fingerprint density at radius 2 is 1.15 bits per heavy atom. The van der Waals surface area contributed by atoms with Crippen molar-refractivity contribution in [2.45, 2.75) is 96.8 Å². The molecule has 0 aliphatic carbocycles. The Morgan fingerprint density at radius 1 is 0.750 bits per heavy atom. The molecule has 0 aromatic heterocycles. The zero-order valence-electron chi connectivity index (χ0n) is 13.5. The summed E-state index contributed by atoms with van der Waals surface area (Å²) in [5, 5.41) is 0. The van der Waals surface area contributed by atoms with Crippen molar-refractivity contribution in [3.63, 3.8) is 0 Å². The number of unbranched alkanes of at least 4 members (excludes halogenated alkanes) is 13. The number of hydrogen-bond donors (Lipinski definition) is 1. The van der Waals surface area contributed by atoms with Crippen molar-refractivity contribution >= 4 is 5.91 Å². The van der Waals surface area contributed by atoms with Gasteiger partial charge in [-0.05, 0) is 18.9 Å². The van der Waals surface area contributed by atoms with Crippen LogP contribution in [0.5, 0.6) is 0 Å². The average molecular weight is 281 g/mol. The Hall–Kier alpha value is -0.790. The van der Waals surface area contributed by atoms with Crippen LogP contribution in [0.4, 0.5) is 0 Å². The Balaban J connectivity index is 3.01. The summed E-state index contributed by atoms with van der Waals surface area (Å²) in [7, 11) is 0. The molecule has 1 amide bonds. The molecule has 2 heteroatoms. The number of hydrogen-bond acceptors (Lipinski definition) is 1. The highest BCUT2D eigenvalue weighted by atomic mass is 16.1. The highest BCUT2D eigenvalue weighted by Crippen LogP contribution is 2.12. The van der Waals surface area contributed by atoms with E-state index < -0.39 is 0 Å². The van der Waals surface area contributed by atoms with E-state index in [1.807, 2.05) is 6.08 Å². The van der Waals surface area contributed by atoms with E-state index in [9.17, 15) is 4.79 Å². The molecule has 118 valence electrons.